The Hall–Kier alpha value is -1.33. The first kappa shape index (κ1) is 12.1. The fraction of sp³-hybridized carbons (Fsp3) is 0.333. The maximum atomic E-state index is 5.44. The van der Waals surface area contributed by atoms with Gasteiger partial charge < -0.3 is 10.2 Å². The Kier molecular flexibility index (Phi) is 4.17. The molecular formula is C12H15N3OS. The molecule has 0 saturated heterocycles. The van der Waals surface area contributed by atoms with E-state index in [4.69, 9.17) is 10.2 Å². The quantitative estimate of drug-likeness (QED) is 0.823. The minimum atomic E-state index is 0.532. The van der Waals surface area contributed by atoms with Gasteiger partial charge in [-0.3, -0.25) is 0 Å². The van der Waals surface area contributed by atoms with Crippen molar-refractivity contribution in [3.63, 3.8) is 0 Å². The van der Waals surface area contributed by atoms with Crippen molar-refractivity contribution < 1.29 is 4.42 Å². The van der Waals surface area contributed by atoms with Crippen molar-refractivity contribution >= 4 is 11.8 Å². The molecule has 1 aromatic heterocycles. The lowest BCUT2D eigenvalue weighted by Gasteiger charge is -1.99. The predicted octanol–water partition coefficient (Wildman–Crippen LogP) is 2.17. The highest BCUT2D eigenvalue weighted by molar-refractivity contribution is 7.98. The lowest BCUT2D eigenvalue weighted by atomic mass is 10.2. The second-order valence-corrected chi connectivity index (χ2v) is 4.70. The van der Waals surface area contributed by atoms with Crippen molar-refractivity contribution in [2.24, 2.45) is 5.73 Å². The van der Waals surface area contributed by atoms with Gasteiger partial charge in [0.25, 0.3) is 5.22 Å². The van der Waals surface area contributed by atoms with Crippen molar-refractivity contribution in [2.75, 3.05) is 6.54 Å². The van der Waals surface area contributed by atoms with E-state index in [1.165, 1.54) is 11.1 Å². The molecule has 4 nitrogen and oxygen atoms in total. The largest absolute Gasteiger partial charge is 0.416 e. The van der Waals surface area contributed by atoms with Crippen LogP contribution in [0.3, 0.4) is 0 Å². The van der Waals surface area contributed by atoms with Gasteiger partial charge in [-0.15, -0.1) is 10.2 Å². The zero-order valence-electron chi connectivity index (χ0n) is 9.72. The average Bonchev–Trinajstić information content (AvgIpc) is 2.75. The maximum absolute atomic E-state index is 5.44. The lowest BCUT2D eigenvalue weighted by Crippen LogP contribution is -2.02. The van der Waals surface area contributed by atoms with Crippen LogP contribution >= 0.6 is 11.8 Å². The number of thioether (sulfide) groups is 1. The first-order chi connectivity index (χ1) is 8.28. The molecule has 2 aromatic rings. The Labute approximate surface area is 105 Å². The van der Waals surface area contributed by atoms with Gasteiger partial charge in [-0.25, -0.2) is 0 Å². The molecule has 90 valence electrons. The van der Waals surface area contributed by atoms with Crippen LogP contribution in [-0.2, 0) is 12.2 Å². The van der Waals surface area contributed by atoms with Crippen LogP contribution in [0.15, 0.2) is 33.9 Å². The highest BCUT2D eigenvalue weighted by atomic mass is 32.2. The van der Waals surface area contributed by atoms with Crippen LogP contribution in [0.5, 0.6) is 0 Å². The summed E-state index contributed by atoms with van der Waals surface area (Å²) in [5.74, 6) is 1.45. The minimum absolute atomic E-state index is 0.532. The smallest absolute Gasteiger partial charge is 0.276 e. The summed E-state index contributed by atoms with van der Waals surface area (Å²) < 4.78 is 5.44. The number of rotatable bonds is 5. The summed E-state index contributed by atoms with van der Waals surface area (Å²) in [7, 11) is 0. The van der Waals surface area contributed by atoms with E-state index in [-0.39, 0.29) is 0 Å². The molecule has 17 heavy (non-hydrogen) atoms. The number of aryl methyl sites for hydroxylation is 1. The molecule has 2 N–H and O–H groups in total. The number of nitrogens with two attached hydrogens (primary N) is 1. The molecule has 1 aromatic carbocycles. The fourth-order valence-electron chi connectivity index (χ4n) is 1.47. The molecule has 2 rings (SSSR count). The molecule has 0 aliphatic rings. The van der Waals surface area contributed by atoms with Crippen LogP contribution in [0.1, 0.15) is 17.0 Å². The summed E-state index contributed by atoms with van der Waals surface area (Å²) in [6.45, 7) is 2.62. The Bertz CT molecular complexity index is 484. The first-order valence-electron chi connectivity index (χ1n) is 5.48. The van der Waals surface area contributed by atoms with Crippen molar-refractivity contribution in [3.05, 3.63) is 41.3 Å². The molecule has 0 saturated carbocycles. The van der Waals surface area contributed by atoms with E-state index in [0.29, 0.717) is 24.1 Å². The van der Waals surface area contributed by atoms with E-state index in [2.05, 4.69) is 41.4 Å². The number of aromatic nitrogens is 2. The highest BCUT2D eigenvalue weighted by Crippen LogP contribution is 2.21. The van der Waals surface area contributed by atoms with Gasteiger partial charge in [0, 0.05) is 18.7 Å². The third kappa shape index (κ3) is 3.57. The van der Waals surface area contributed by atoms with Crippen molar-refractivity contribution in [3.8, 4) is 0 Å². The van der Waals surface area contributed by atoms with E-state index in [9.17, 15) is 0 Å². The van der Waals surface area contributed by atoms with Crippen molar-refractivity contribution in [2.45, 2.75) is 24.3 Å². The van der Waals surface area contributed by atoms with E-state index in [1.807, 2.05) is 0 Å². The van der Waals surface area contributed by atoms with Crippen LogP contribution in [0.4, 0.5) is 0 Å². The first-order valence-corrected chi connectivity index (χ1v) is 6.47. The number of hydrogen-bond acceptors (Lipinski definition) is 5. The van der Waals surface area contributed by atoms with Gasteiger partial charge >= 0.3 is 0 Å². The van der Waals surface area contributed by atoms with Crippen LogP contribution in [-0.4, -0.2) is 16.7 Å². The zero-order chi connectivity index (χ0) is 12.1. The van der Waals surface area contributed by atoms with Gasteiger partial charge in [-0.2, -0.15) is 0 Å². The Morgan fingerprint density at radius 1 is 1.35 bits per heavy atom. The summed E-state index contributed by atoms with van der Waals surface area (Å²) in [6, 6.07) is 8.39. The lowest BCUT2D eigenvalue weighted by molar-refractivity contribution is 0.414. The average molecular weight is 249 g/mol. The zero-order valence-corrected chi connectivity index (χ0v) is 10.5. The summed E-state index contributed by atoms with van der Waals surface area (Å²) >= 11 is 1.55. The molecule has 0 spiro atoms. The number of nitrogens with zero attached hydrogens (tertiary/aromatic N) is 2. The van der Waals surface area contributed by atoms with Gasteiger partial charge in [0.1, 0.15) is 0 Å². The summed E-state index contributed by atoms with van der Waals surface area (Å²) in [6.07, 6.45) is 0.637. The molecule has 0 amide bonds. The SMILES string of the molecule is Cc1cccc(CSc2nnc(CCN)o2)c1. The van der Waals surface area contributed by atoms with E-state index < -0.39 is 0 Å². The van der Waals surface area contributed by atoms with E-state index >= 15 is 0 Å². The third-order valence-corrected chi connectivity index (χ3v) is 3.14. The molecular weight excluding hydrogens is 234 g/mol. The van der Waals surface area contributed by atoms with Gasteiger partial charge in [-0.1, -0.05) is 41.6 Å². The monoisotopic (exact) mass is 249 g/mol. The van der Waals surface area contributed by atoms with Gasteiger partial charge in [0.2, 0.25) is 5.89 Å². The topological polar surface area (TPSA) is 64.9 Å². The summed E-state index contributed by atoms with van der Waals surface area (Å²) in [5.41, 5.74) is 7.94. The fourth-order valence-corrected chi connectivity index (χ4v) is 2.19. The molecule has 0 aliphatic carbocycles. The molecule has 0 radical (unpaired) electrons. The Morgan fingerprint density at radius 2 is 2.24 bits per heavy atom. The molecule has 0 unspecified atom stereocenters. The Balaban J connectivity index is 1.93. The Morgan fingerprint density at radius 3 is 3.00 bits per heavy atom. The molecule has 1 heterocycles. The molecule has 5 heteroatoms. The molecule has 0 fully saturated rings. The molecule has 0 bridgehead atoms. The van der Waals surface area contributed by atoms with E-state index in [0.717, 1.165) is 5.75 Å². The highest BCUT2D eigenvalue weighted by Gasteiger charge is 2.06. The van der Waals surface area contributed by atoms with Crippen molar-refractivity contribution in [1.29, 1.82) is 0 Å². The standard InChI is InChI=1S/C12H15N3OS/c1-9-3-2-4-10(7-9)8-17-12-15-14-11(16-12)5-6-13/h2-4,7H,5-6,8,13H2,1H3. The summed E-state index contributed by atoms with van der Waals surface area (Å²) in [5, 5.41) is 8.49. The third-order valence-electron chi connectivity index (χ3n) is 2.25. The number of hydrogen-bond donors (Lipinski definition) is 1. The van der Waals surface area contributed by atoms with Crippen LogP contribution in [0.2, 0.25) is 0 Å². The second kappa shape index (κ2) is 5.84. The van der Waals surface area contributed by atoms with Gasteiger partial charge in [0.15, 0.2) is 0 Å². The second-order valence-electron chi connectivity index (χ2n) is 3.78. The van der Waals surface area contributed by atoms with Gasteiger partial charge in [-0.05, 0) is 12.5 Å². The summed E-state index contributed by atoms with van der Waals surface area (Å²) in [4.78, 5) is 0. The van der Waals surface area contributed by atoms with Gasteiger partial charge in [0.05, 0.1) is 0 Å². The van der Waals surface area contributed by atoms with Crippen molar-refractivity contribution in [1.82, 2.24) is 10.2 Å². The maximum Gasteiger partial charge on any atom is 0.276 e. The predicted molar refractivity (Wildman–Crippen MR) is 67.8 cm³/mol. The normalized spacial score (nSPS) is 10.7. The van der Waals surface area contributed by atoms with E-state index in [1.54, 1.807) is 11.8 Å². The number of benzene rings is 1. The van der Waals surface area contributed by atoms with Crippen LogP contribution in [0.25, 0.3) is 0 Å². The van der Waals surface area contributed by atoms with Crippen LogP contribution < -0.4 is 5.73 Å². The minimum Gasteiger partial charge on any atom is -0.416 e. The van der Waals surface area contributed by atoms with Crippen LogP contribution in [0, 0.1) is 6.92 Å². The molecule has 0 aliphatic heterocycles. The molecule has 0 atom stereocenters.